The number of nitrogens with zero attached hydrogens (tertiary/aromatic N) is 6. The van der Waals surface area contributed by atoms with Crippen molar-refractivity contribution < 1.29 is 4.79 Å². The molecule has 2 amide bonds. The van der Waals surface area contributed by atoms with E-state index in [1.165, 1.54) is 0 Å². The largest absolute Gasteiger partial charge is 0.351 e. The van der Waals surface area contributed by atoms with Gasteiger partial charge in [0.25, 0.3) is 0 Å². The number of carbonyl (C=O) groups is 1. The first kappa shape index (κ1) is 18.2. The molecule has 146 valence electrons. The van der Waals surface area contributed by atoms with Crippen LogP contribution < -0.4 is 10.2 Å². The fourth-order valence-electron chi connectivity index (χ4n) is 3.67. The molecule has 1 aliphatic rings. The van der Waals surface area contributed by atoms with Crippen LogP contribution in [0.25, 0.3) is 11.0 Å². The van der Waals surface area contributed by atoms with Crippen molar-refractivity contribution in [2.45, 2.75) is 20.8 Å². The third-order valence-corrected chi connectivity index (χ3v) is 5.20. The predicted octanol–water partition coefficient (Wildman–Crippen LogP) is 2.64. The number of piperazine rings is 1. The molecule has 3 aromatic rings. The molecule has 28 heavy (non-hydrogen) atoms. The number of benzene rings is 1. The minimum Gasteiger partial charge on any atom is -0.351 e. The summed E-state index contributed by atoms with van der Waals surface area (Å²) in [6.07, 6.45) is 0. The normalized spacial score (nSPS) is 14.6. The van der Waals surface area contributed by atoms with Crippen molar-refractivity contribution in [3.63, 3.8) is 0 Å². The average molecular weight is 379 g/mol. The predicted molar refractivity (Wildman–Crippen MR) is 110 cm³/mol. The first-order valence-electron chi connectivity index (χ1n) is 9.48. The first-order valence-corrected chi connectivity index (χ1v) is 9.48. The Bertz CT molecular complexity index is 1030. The third-order valence-electron chi connectivity index (χ3n) is 5.20. The lowest BCUT2D eigenvalue weighted by Crippen LogP contribution is -2.50. The van der Waals surface area contributed by atoms with Crippen molar-refractivity contribution in [1.82, 2.24) is 24.6 Å². The van der Waals surface area contributed by atoms with Crippen LogP contribution in [0.3, 0.4) is 0 Å². The number of urea groups is 1. The quantitative estimate of drug-likeness (QED) is 0.740. The Morgan fingerprint density at radius 1 is 1.04 bits per heavy atom. The molecular formula is C20H25N7O. The number of anilines is 2. The molecule has 3 heterocycles. The lowest BCUT2D eigenvalue weighted by molar-refractivity contribution is 0.208. The standard InChI is InChI=1S/C20H25N7O/c1-13-7-5-6-8-16(13)23-20(28)27-11-9-26(10-12-27)19-18-17(21-15(3)22-19)14(2)24-25(18)4/h5-8H,9-12H2,1-4H3,(H,23,28). The summed E-state index contributed by atoms with van der Waals surface area (Å²) in [6.45, 7) is 8.58. The van der Waals surface area contributed by atoms with Gasteiger partial charge in [0.2, 0.25) is 0 Å². The highest BCUT2D eigenvalue weighted by Crippen LogP contribution is 2.26. The highest BCUT2D eigenvalue weighted by Gasteiger charge is 2.25. The molecule has 8 heteroatoms. The van der Waals surface area contributed by atoms with E-state index in [1.54, 1.807) is 0 Å². The van der Waals surface area contributed by atoms with E-state index in [0.717, 1.165) is 52.7 Å². The Morgan fingerprint density at radius 3 is 2.46 bits per heavy atom. The summed E-state index contributed by atoms with van der Waals surface area (Å²) < 4.78 is 1.84. The van der Waals surface area contributed by atoms with Crippen molar-refractivity contribution in [2.24, 2.45) is 7.05 Å². The van der Waals surface area contributed by atoms with Crippen LogP contribution in [0.15, 0.2) is 24.3 Å². The summed E-state index contributed by atoms with van der Waals surface area (Å²) in [5, 5.41) is 7.51. The molecule has 0 unspecified atom stereocenters. The summed E-state index contributed by atoms with van der Waals surface area (Å²) in [7, 11) is 1.92. The molecule has 8 nitrogen and oxygen atoms in total. The molecule has 0 radical (unpaired) electrons. The number of para-hydroxylation sites is 1. The molecule has 2 aromatic heterocycles. The second-order valence-corrected chi connectivity index (χ2v) is 7.22. The summed E-state index contributed by atoms with van der Waals surface area (Å²) in [5.41, 5.74) is 4.65. The maximum atomic E-state index is 12.6. The maximum Gasteiger partial charge on any atom is 0.321 e. The van der Waals surface area contributed by atoms with Crippen molar-refractivity contribution in [3.8, 4) is 0 Å². The second kappa shape index (κ2) is 7.10. The minimum absolute atomic E-state index is 0.0608. The fourth-order valence-corrected chi connectivity index (χ4v) is 3.67. The van der Waals surface area contributed by atoms with Gasteiger partial charge in [0, 0.05) is 38.9 Å². The summed E-state index contributed by atoms with van der Waals surface area (Å²) in [5.74, 6) is 1.63. The highest BCUT2D eigenvalue weighted by atomic mass is 16.2. The van der Waals surface area contributed by atoms with Crippen molar-refractivity contribution in [2.75, 3.05) is 36.4 Å². The smallest absolute Gasteiger partial charge is 0.321 e. The first-order chi connectivity index (χ1) is 13.4. The van der Waals surface area contributed by atoms with Crippen molar-refractivity contribution >= 4 is 28.6 Å². The van der Waals surface area contributed by atoms with Gasteiger partial charge in [-0.3, -0.25) is 4.68 Å². The molecule has 0 atom stereocenters. The number of rotatable bonds is 2. The van der Waals surface area contributed by atoms with Gasteiger partial charge in [-0.2, -0.15) is 5.10 Å². The second-order valence-electron chi connectivity index (χ2n) is 7.22. The molecule has 1 saturated heterocycles. The molecule has 1 N–H and O–H groups in total. The lowest BCUT2D eigenvalue weighted by atomic mass is 10.2. The van der Waals surface area contributed by atoms with E-state index in [9.17, 15) is 4.79 Å². The molecular weight excluding hydrogens is 354 g/mol. The van der Waals surface area contributed by atoms with Gasteiger partial charge >= 0.3 is 6.03 Å². The van der Waals surface area contributed by atoms with Gasteiger partial charge in [-0.25, -0.2) is 14.8 Å². The van der Waals surface area contributed by atoms with Gasteiger partial charge in [0.05, 0.1) is 5.69 Å². The highest BCUT2D eigenvalue weighted by molar-refractivity contribution is 5.91. The molecule has 0 spiro atoms. The van der Waals surface area contributed by atoms with Crippen LogP contribution in [0.5, 0.6) is 0 Å². The summed E-state index contributed by atoms with van der Waals surface area (Å²) in [4.78, 5) is 25.9. The molecule has 0 saturated carbocycles. The number of hydrogen-bond acceptors (Lipinski definition) is 5. The van der Waals surface area contributed by atoms with Crippen LogP contribution in [0, 0.1) is 20.8 Å². The monoisotopic (exact) mass is 379 g/mol. The number of hydrogen-bond donors (Lipinski definition) is 1. The number of nitrogens with one attached hydrogen (secondary N) is 1. The van der Waals surface area contributed by atoms with Crippen LogP contribution in [0.1, 0.15) is 17.1 Å². The fraction of sp³-hybridized carbons (Fsp3) is 0.400. The Kier molecular flexibility index (Phi) is 4.62. The van der Waals surface area contributed by atoms with Crippen molar-refractivity contribution in [1.29, 1.82) is 0 Å². The van der Waals surface area contributed by atoms with E-state index >= 15 is 0 Å². The number of aromatic nitrogens is 4. The Morgan fingerprint density at radius 2 is 1.75 bits per heavy atom. The van der Waals surface area contributed by atoms with E-state index in [1.807, 2.05) is 61.7 Å². The topological polar surface area (TPSA) is 79.2 Å². The van der Waals surface area contributed by atoms with Gasteiger partial charge in [0.1, 0.15) is 16.9 Å². The number of aryl methyl sites for hydroxylation is 4. The molecule has 1 aliphatic heterocycles. The maximum absolute atomic E-state index is 12.6. The van der Waals surface area contributed by atoms with Gasteiger partial charge in [-0.1, -0.05) is 18.2 Å². The third kappa shape index (κ3) is 3.26. The average Bonchev–Trinajstić information content (AvgIpc) is 2.97. The van der Waals surface area contributed by atoms with Crippen LogP contribution in [0.4, 0.5) is 16.3 Å². The zero-order chi connectivity index (χ0) is 19.8. The van der Waals surface area contributed by atoms with Gasteiger partial charge in [-0.05, 0) is 32.4 Å². The van der Waals surface area contributed by atoms with Crippen LogP contribution in [-0.2, 0) is 7.05 Å². The summed E-state index contributed by atoms with van der Waals surface area (Å²) in [6, 6.07) is 7.75. The van der Waals surface area contributed by atoms with E-state index in [0.29, 0.717) is 13.1 Å². The zero-order valence-corrected chi connectivity index (χ0v) is 16.7. The van der Waals surface area contributed by atoms with E-state index in [2.05, 4.69) is 25.3 Å². The molecule has 4 rings (SSSR count). The Hall–Kier alpha value is -3.16. The molecule has 1 aromatic carbocycles. The summed E-state index contributed by atoms with van der Waals surface area (Å²) >= 11 is 0. The molecule has 0 bridgehead atoms. The van der Waals surface area contributed by atoms with E-state index < -0.39 is 0 Å². The lowest BCUT2D eigenvalue weighted by Gasteiger charge is -2.35. The van der Waals surface area contributed by atoms with Crippen LogP contribution >= 0.6 is 0 Å². The number of fused-ring (bicyclic) bond motifs is 1. The SMILES string of the molecule is Cc1nc(N2CCN(C(=O)Nc3ccccc3C)CC2)c2c(n1)c(C)nn2C. The number of carbonyl (C=O) groups excluding carboxylic acids is 1. The van der Waals surface area contributed by atoms with E-state index in [-0.39, 0.29) is 6.03 Å². The van der Waals surface area contributed by atoms with Gasteiger partial charge < -0.3 is 15.1 Å². The van der Waals surface area contributed by atoms with E-state index in [4.69, 9.17) is 0 Å². The molecule has 1 fully saturated rings. The molecule has 0 aliphatic carbocycles. The van der Waals surface area contributed by atoms with Crippen molar-refractivity contribution in [3.05, 3.63) is 41.3 Å². The van der Waals surface area contributed by atoms with Crippen LogP contribution in [0.2, 0.25) is 0 Å². The zero-order valence-electron chi connectivity index (χ0n) is 16.7. The van der Waals surface area contributed by atoms with Gasteiger partial charge in [-0.15, -0.1) is 0 Å². The van der Waals surface area contributed by atoms with Gasteiger partial charge in [0.15, 0.2) is 5.82 Å². The minimum atomic E-state index is -0.0608. The Balaban J connectivity index is 1.50. The van der Waals surface area contributed by atoms with Crippen LogP contribution in [-0.4, -0.2) is 56.9 Å². The Labute approximate surface area is 164 Å². The number of amides is 2.